The molecule has 1 saturated heterocycles. The maximum Gasteiger partial charge on any atom is 0.123 e. The van der Waals surface area contributed by atoms with Crippen molar-refractivity contribution in [1.29, 1.82) is 0 Å². The van der Waals surface area contributed by atoms with Crippen LogP contribution >= 0.6 is 0 Å². The van der Waals surface area contributed by atoms with E-state index in [9.17, 15) is 4.39 Å². The molecular formula is C17H20FN3. The number of pyridine rings is 1. The number of hydrogen-bond acceptors (Lipinski definition) is 3. The number of nitrogens with zero attached hydrogens (tertiary/aromatic N) is 2. The molecule has 110 valence electrons. The van der Waals surface area contributed by atoms with Crippen LogP contribution in [0.2, 0.25) is 0 Å². The van der Waals surface area contributed by atoms with E-state index in [4.69, 9.17) is 0 Å². The number of hydrogen-bond donors (Lipinski definition) is 1. The van der Waals surface area contributed by atoms with E-state index in [1.807, 2.05) is 18.2 Å². The summed E-state index contributed by atoms with van der Waals surface area (Å²) in [6, 6.07) is 11.1. The predicted molar refractivity (Wildman–Crippen MR) is 81.5 cm³/mol. The van der Waals surface area contributed by atoms with Crippen LogP contribution in [0.3, 0.4) is 0 Å². The molecule has 0 saturated carbocycles. The molecule has 1 atom stereocenters. The minimum absolute atomic E-state index is 0.0867. The van der Waals surface area contributed by atoms with Gasteiger partial charge in [-0.05, 0) is 48.4 Å². The summed E-state index contributed by atoms with van der Waals surface area (Å²) >= 11 is 0. The van der Waals surface area contributed by atoms with Crippen molar-refractivity contribution >= 4 is 0 Å². The van der Waals surface area contributed by atoms with Crippen molar-refractivity contribution in [3.63, 3.8) is 0 Å². The van der Waals surface area contributed by atoms with E-state index in [1.54, 1.807) is 24.5 Å². The Labute approximate surface area is 124 Å². The van der Waals surface area contributed by atoms with Gasteiger partial charge in [-0.3, -0.25) is 9.88 Å². The fourth-order valence-corrected chi connectivity index (χ4v) is 2.96. The fourth-order valence-electron chi connectivity index (χ4n) is 2.96. The van der Waals surface area contributed by atoms with Gasteiger partial charge in [-0.25, -0.2) is 4.39 Å². The number of rotatable bonds is 3. The summed E-state index contributed by atoms with van der Waals surface area (Å²) in [6.07, 6.45) is 4.71. The summed E-state index contributed by atoms with van der Waals surface area (Å²) < 4.78 is 13.6. The number of nitrogens with one attached hydrogen (secondary N) is 1. The molecule has 0 radical (unpaired) electrons. The quantitative estimate of drug-likeness (QED) is 0.939. The third-order valence-electron chi connectivity index (χ3n) is 3.93. The molecule has 1 unspecified atom stereocenters. The highest BCUT2D eigenvalue weighted by atomic mass is 19.1. The molecule has 2 heterocycles. The van der Waals surface area contributed by atoms with Gasteiger partial charge in [0, 0.05) is 32.0 Å². The highest BCUT2D eigenvalue weighted by molar-refractivity contribution is 5.31. The number of halogens is 1. The monoisotopic (exact) mass is 285 g/mol. The highest BCUT2D eigenvalue weighted by Gasteiger charge is 2.23. The van der Waals surface area contributed by atoms with Crippen LogP contribution in [0.25, 0.3) is 0 Å². The summed E-state index contributed by atoms with van der Waals surface area (Å²) in [5, 5.41) is 3.42. The maximum atomic E-state index is 13.6. The first-order chi connectivity index (χ1) is 10.3. The molecule has 1 N–H and O–H groups in total. The lowest BCUT2D eigenvalue weighted by molar-refractivity contribution is 0.240. The van der Waals surface area contributed by atoms with Crippen molar-refractivity contribution in [2.45, 2.75) is 12.5 Å². The topological polar surface area (TPSA) is 28.2 Å². The highest BCUT2D eigenvalue weighted by Crippen LogP contribution is 2.29. The molecule has 21 heavy (non-hydrogen) atoms. The summed E-state index contributed by atoms with van der Waals surface area (Å²) in [6.45, 7) is 3.99. The summed E-state index contributed by atoms with van der Waals surface area (Å²) in [7, 11) is 0. The van der Waals surface area contributed by atoms with Gasteiger partial charge in [-0.2, -0.15) is 0 Å². The third kappa shape index (κ3) is 3.46. The minimum Gasteiger partial charge on any atom is -0.315 e. The van der Waals surface area contributed by atoms with Gasteiger partial charge in [-0.15, -0.1) is 0 Å². The Hall–Kier alpha value is -1.78. The summed E-state index contributed by atoms with van der Waals surface area (Å²) in [4.78, 5) is 6.52. The number of aromatic nitrogens is 1. The number of benzene rings is 1. The Kier molecular flexibility index (Phi) is 4.58. The van der Waals surface area contributed by atoms with Gasteiger partial charge in [0.05, 0.1) is 6.04 Å². The second-order valence-corrected chi connectivity index (χ2v) is 5.38. The van der Waals surface area contributed by atoms with Crippen LogP contribution in [0.15, 0.2) is 48.8 Å². The lowest BCUT2D eigenvalue weighted by Crippen LogP contribution is -2.33. The molecule has 0 spiro atoms. The van der Waals surface area contributed by atoms with E-state index in [2.05, 4.69) is 15.2 Å². The zero-order valence-electron chi connectivity index (χ0n) is 12.0. The standard InChI is InChI=1S/C17H20FN3/c18-16-4-1-3-15(13-16)17(14-5-8-20-9-6-14)21-11-2-7-19-10-12-21/h1,3-6,8-9,13,17,19H,2,7,10-12H2. The van der Waals surface area contributed by atoms with E-state index in [0.717, 1.165) is 43.7 Å². The first-order valence-corrected chi connectivity index (χ1v) is 7.45. The van der Waals surface area contributed by atoms with Crippen molar-refractivity contribution in [2.24, 2.45) is 0 Å². The summed E-state index contributed by atoms with van der Waals surface area (Å²) in [5.74, 6) is -0.181. The van der Waals surface area contributed by atoms with Gasteiger partial charge in [0.2, 0.25) is 0 Å². The smallest absolute Gasteiger partial charge is 0.123 e. The Bertz CT molecular complexity index is 565. The van der Waals surface area contributed by atoms with Crippen molar-refractivity contribution in [1.82, 2.24) is 15.2 Å². The second kappa shape index (κ2) is 6.78. The van der Waals surface area contributed by atoms with Crippen LogP contribution in [0, 0.1) is 5.82 Å². The average Bonchev–Trinajstić information content (AvgIpc) is 2.78. The molecule has 4 heteroatoms. The molecule has 3 rings (SSSR count). The van der Waals surface area contributed by atoms with Gasteiger partial charge in [0.15, 0.2) is 0 Å². The van der Waals surface area contributed by atoms with Gasteiger partial charge in [-0.1, -0.05) is 12.1 Å². The van der Waals surface area contributed by atoms with Crippen molar-refractivity contribution in [2.75, 3.05) is 26.2 Å². The first kappa shape index (κ1) is 14.2. The summed E-state index contributed by atoms with van der Waals surface area (Å²) in [5.41, 5.74) is 2.17. The Morgan fingerprint density at radius 3 is 2.71 bits per heavy atom. The lowest BCUT2D eigenvalue weighted by atomic mass is 9.97. The van der Waals surface area contributed by atoms with Crippen LogP contribution in [-0.4, -0.2) is 36.1 Å². The van der Waals surface area contributed by atoms with Crippen molar-refractivity contribution in [3.05, 3.63) is 65.7 Å². The van der Waals surface area contributed by atoms with Gasteiger partial charge in [0.25, 0.3) is 0 Å². The molecule has 0 aliphatic carbocycles. The molecule has 1 aliphatic heterocycles. The first-order valence-electron chi connectivity index (χ1n) is 7.45. The van der Waals surface area contributed by atoms with Gasteiger partial charge < -0.3 is 5.32 Å². The van der Waals surface area contributed by atoms with E-state index < -0.39 is 0 Å². The zero-order valence-corrected chi connectivity index (χ0v) is 12.0. The van der Waals surface area contributed by atoms with Gasteiger partial charge >= 0.3 is 0 Å². The van der Waals surface area contributed by atoms with Crippen LogP contribution in [0.5, 0.6) is 0 Å². The average molecular weight is 285 g/mol. The molecule has 2 aromatic rings. The third-order valence-corrected chi connectivity index (χ3v) is 3.93. The van der Waals surface area contributed by atoms with E-state index in [0.29, 0.717) is 0 Å². The molecule has 1 aliphatic rings. The van der Waals surface area contributed by atoms with Crippen molar-refractivity contribution in [3.8, 4) is 0 Å². The SMILES string of the molecule is Fc1cccc(C(c2ccncc2)N2CCCNCC2)c1. The Morgan fingerprint density at radius 1 is 1.05 bits per heavy atom. The Balaban J connectivity index is 1.98. The van der Waals surface area contributed by atoms with Crippen molar-refractivity contribution < 1.29 is 4.39 Å². The Morgan fingerprint density at radius 2 is 1.90 bits per heavy atom. The lowest BCUT2D eigenvalue weighted by Gasteiger charge is -2.31. The van der Waals surface area contributed by atoms with Crippen LogP contribution < -0.4 is 5.32 Å². The molecule has 3 nitrogen and oxygen atoms in total. The largest absolute Gasteiger partial charge is 0.315 e. The predicted octanol–water partition coefficient (Wildman–Crippen LogP) is 2.61. The molecule has 0 amide bonds. The molecule has 1 aromatic heterocycles. The molecule has 1 aromatic carbocycles. The molecular weight excluding hydrogens is 265 g/mol. The maximum absolute atomic E-state index is 13.6. The van der Waals surface area contributed by atoms with E-state index >= 15 is 0 Å². The van der Waals surface area contributed by atoms with Crippen LogP contribution in [0.4, 0.5) is 4.39 Å². The van der Waals surface area contributed by atoms with E-state index in [-0.39, 0.29) is 11.9 Å². The molecule has 0 bridgehead atoms. The minimum atomic E-state index is -0.181. The fraction of sp³-hybridized carbons (Fsp3) is 0.353. The normalized spacial score (nSPS) is 18.1. The van der Waals surface area contributed by atoms with Crippen LogP contribution in [0.1, 0.15) is 23.6 Å². The molecule has 1 fully saturated rings. The zero-order chi connectivity index (χ0) is 14.5. The van der Waals surface area contributed by atoms with Gasteiger partial charge in [0.1, 0.15) is 5.82 Å². The van der Waals surface area contributed by atoms with Crippen LogP contribution in [-0.2, 0) is 0 Å². The van der Waals surface area contributed by atoms with E-state index in [1.165, 1.54) is 6.07 Å². The second-order valence-electron chi connectivity index (χ2n) is 5.38.